The SMILES string of the molecule is C=C(CCCC1C(C)CC2CC(C)CC1C2)C1(C)CC1(C)C. The van der Waals surface area contributed by atoms with Gasteiger partial charge >= 0.3 is 0 Å². The molecular formula is C22H38. The van der Waals surface area contributed by atoms with Crippen molar-refractivity contribution >= 4 is 0 Å². The van der Waals surface area contributed by atoms with Gasteiger partial charge in [0.1, 0.15) is 0 Å². The Morgan fingerprint density at radius 3 is 2.36 bits per heavy atom. The van der Waals surface area contributed by atoms with Crippen LogP contribution in [0.5, 0.6) is 0 Å². The van der Waals surface area contributed by atoms with E-state index in [0.29, 0.717) is 10.8 Å². The van der Waals surface area contributed by atoms with Crippen LogP contribution in [-0.2, 0) is 0 Å². The summed E-state index contributed by atoms with van der Waals surface area (Å²) in [5.74, 6) is 5.06. The monoisotopic (exact) mass is 302 g/mol. The van der Waals surface area contributed by atoms with Gasteiger partial charge in [-0.3, -0.25) is 0 Å². The average molecular weight is 303 g/mol. The zero-order valence-electron chi connectivity index (χ0n) is 15.8. The molecule has 6 atom stereocenters. The summed E-state index contributed by atoms with van der Waals surface area (Å²) in [7, 11) is 0. The van der Waals surface area contributed by atoms with Crippen LogP contribution in [0.2, 0.25) is 0 Å². The topological polar surface area (TPSA) is 0 Å². The number of fused-ring (bicyclic) bond motifs is 2. The maximum Gasteiger partial charge on any atom is -0.00622 e. The predicted molar refractivity (Wildman–Crippen MR) is 96.8 cm³/mol. The molecular weight excluding hydrogens is 264 g/mol. The van der Waals surface area contributed by atoms with Crippen molar-refractivity contribution in [2.75, 3.05) is 0 Å². The summed E-state index contributed by atoms with van der Waals surface area (Å²) < 4.78 is 0. The molecule has 0 nitrogen and oxygen atoms in total. The van der Waals surface area contributed by atoms with E-state index in [9.17, 15) is 0 Å². The van der Waals surface area contributed by atoms with Crippen molar-refractivity contribution in [1.82, 2.24) is 0 Å². The number of hydrogen-bond acceptors (Lipinski definition) is 0. The van der Waals surface area contributed by atoms with E-state index < -0.39 is 0 Å². The normalized spacial score (nSPS) is 46.3. The minimum absolute atomic E-state index is 0.440. The summed E-state index contributed by atoms with van der Waals surface area (Å²) in [6.07, 6.45) is 11.5. The number of rotatable bonds is 5. The first-order chi connectivity index (χ1) is 10.2. The molecule has 3 saturated carbocycles. The largest absolute Gasteiger partial charge is 0.0993 e. The molecule has 0 aromatic heterocycles. The van der Waals surface area contributed by atoms with Crippen LogP contribution in [0.1, 0.15) is 86.0 Å². The van der Waals surface area contributed by atoms with Gasteiger partial charge in [-0.05, 0) is 91.8 Å². The van der Waals surface area contributed by atoms with Crippen LogP contribution in [0.15, 0.2) is 12.2 Å². The lowest BCUT2D eigenvalue weighted by atomic mass is 9.59. The van der Waals surface area contributed by atoms with Gasteiger partial charge in [-0.15, -0.1) is 0 Å². The van der Waals surface area contributed by atoms with Crippen LogP contribution in [0.25, 0.3) is 0 Å². The Kier molecular flexibility index (Phi) is 4.28. The second kappa shape index (κ2) is 5.67. The molecule has 0 aromatic carbocycles. The van der Waals surface area contributed by atoms with Crippen molar-refractivity contribution in [1.29, 1.82) is 0 Å². The molecule has 3 rings (SSSR count). The summed E-state index contributed by atoms with van der Waals surface area (Å²) in [4.78, 5) is 0. The first-order valence-electron chi connectivity index (χ1n) is 9.91. The first-order valence-corrected chi connectivity index (χ1v) is 9.91. The Hall–Kier alpha value is -0.260. The Balaban J connectivity index is 1.50. The zero-order valence-corrected chi connectivity index (χ0v) is 15.8. The fourth-order valence-corrected chi connectivity index (χ4v) is 6.30. The molecule has 0 aromatic rings. The van der Waals surface area contributed by atoms with Gasteiger partial charge in [0, 0.05) is 0 Å². The lowest BCUT2D eigenvalue weighted by Crippen LogP contribution is -2.36. The van der Waals surface area contributed by atoms with Gasteiger partial charge in [0.2, 0.25) is 0 Å². The molecule has 3 aliphatic rings. The van der Waals surface area contributed by atoms with Crippen LogP contribution >= 0.6 is 0 Å². The number of allylic oxidation sites excluding steroid dienone is 1. The molecule has 0 heterocycles. The van der Waals surface area contributed by atoms with Crippen LogP contribution in [-0.4, -0.2) is 0 Å². The highest BCUT2D eigenvalue weighted by atomic mass is 14.6. The van der Waals surface area contributed by atoms with Gasteiger partial charge in [-0.2, -0.15) is 0 Å². The Labute approximate surface area is 139 Å². The van der Waals surface area contributed by atoms with Gasteiger partial charge in [0.25, 0.3) is 0 Å². The minimum Gasteiger partial charge on any atom is -0.0993 e. The molecule has 6 unspecified atom stereocenters. The van der Waals surface area contributed by atoms with E-state index in [0.717, 1.165) is 29.6 Å². The van der Waals surface area contributed by atoms with Crippen molar-refractivity contribution in [3.8, 4) is 0 Å². The second-order valence-electron chi connectivity index (χ2n) is 10.2. The minimum atomic E-state index is 0.440. The Bertz CT molecular complexity index is 427. The van der Waals surface area contributed by atoms with Crippen molar-refractivity contribution in [3.05, 3.63) is 12.2 Å². The maximum absolute atomic E-state index is 4.46. The Morgan fingerprint density at radius 1 is 1.05 bits per heavy atom. The van der Waals surface area contributed by atoms with Gasteiger partial charge in [0.05, 0.1) is 0 Å². The van der Waals surface area contributed by atoms with E-state index in [1.807, 2.05) is 0 Å². The maximum atomic E-state index is 4.46. The lowest BCUT2D eigenvalue weighted by molar-refractivity contribution is 0.0409. The third-order valence-corrected chi connectivity index (χ3v) is 8.08. The third kappa shape index (κ3) is 2.92. The lowest BCUT2D eigenvalue weighted by Gasteiger charge is -2.46. The van der Waals surface area contributed by atoms with E-state index in [1.165, 1.54) is 50.5 Å². The third-order valence-electron chi connectivity index (χ3n) is 8.08. The second-order valence-corrected chi connectivity index (χ2v) is 10.2. The van der Waals surface area contributed by atoms with E-state index in [-0.39, 0.29) is 0 Å². The van der Waals surface area contributed by atoms with Gasteiger partial charge < -0.3 is 0 Å². The van der Waals surface area contributed by atoms with Crippen LogP contribution in [0.3, 0.4) is 0 Å². The fraction of sp³-hybridized carbons (Fsp3) is 0.909. The van der Waals surface area contributed by atoms with Crippen LogP contribution < -0.4 is 0 Å². The smallest absolute Gasteiger partial charge is 0.00622 e. The molecule has 3 aliphatic carbocycles. The van der Waals surface area contributed by atoms with Crippen molar-refractivity contribution < 1.29 is 0 Å². The molecule has 0 spiro atoms. The van der Waals surface area contributed by atoms with E-state index >= 15 is 0 Å². The van der Waals surface area contributed by atoms with Gasteiger partial charge in [-0.25, -0.2) is 0 Å². The van der Waals surface area contributed by atoms with E-state index in [1.54, 1.807) is 6.42 Å². The summed E-state index contributed by atoms with van der Waals surface area (Å²) in [5, 5.41) is 0. The van der Waals surface area contributed by atoms with Crippen molar-refractivity contribution in [2.45, 2.75) is 86.0 Å². The molecule has 0 amide bonds. The number of hydrogen-bond donors (Lipinski definition) is 0. The van der Waals surface area contributed by atoms with Crippen molar-refractivity contribution in [2.24, 2.45) is 40.4 Å². The standard InChI is InChI=1S/C22H38/c1-15-10-18-12-16(2)20(19(11-15)13-18)9-7-8-17(3)22(6)14-21(22,4)5/h15-16,18-20H,3,7-14H2,1-2,4-6H3. The molecule has 0 saturated heterocycles. The van der Waals surface area contributed by atoms with Gasteiger partial charge in [0.15, 0.2) is 0 Å². The van der Waals surface area contributed by atoms with E-state index in [4.69, 9.17) is 0 Å². The fourth-order valence-electron chi connectivity index (χ4n) is 6.30. The molecule has 2 bridgehead atoms. The van der Waals surface area contributed by atoms with Crippen LogP contribution in [0.4, 0.5) is 0 Å². The quantitative estimate of drug-likeness (QED) is 0.487. The molecule has 3 fully saturated rings. The van der Waals surface area contributed by atoms with Crippen LogP contribution in [0, 0.1) is 40.4 Å². The highest BCUT2D eigenvalue weighted by Gasteiger charge is 2.58. The molecule has 0 N–H and O–H groups in total. The molecule has 0 aliphatic heterocycles. The highest BCUT2D eigenvalue weighted by Crippen LogP contribution is 2.67. The average Bonchev–Trinajstić information content (AvgIpc) is 2.92. The summed E-state index contributed by atoms with van der Waals surface area (Å²) >= 11 is 0. The van der Waals surface area contributed by atoms with Gasteiger partial charge in [-0.1, -0.05) is 46.8 Å². The molecule has 0 radical (unpaired) electrons. The summed E-state index contributed by atoms with van der Waals surface area (Å²) in [6.45, 7) is 16.7. The summed E-state index contributed by atoms with van der Waals surface area (Å²) in [6, 6.07) is 0. The first kappa shape index (κ1) is 16.6. The van der Waals surface area contributed by atoms with Crippen molar-refractivity contribution in [3.63, 3.8) is 0 Å². The molecule has 126 valence electrons. The summed E-state index contributed by atoms with van der Waals surface area (Å²) in [5.41, 5.74) is 2.49. The van der Waals surface area contributed by atoms with E-state index in [2.05, 4.69) is 41.2 Å². The molecule has 0 heteroatoms. The Morgan fingerprint density at radius 2 is 1.73 bits per heavy atom. The zero-order chi connectivity index (χ0) is 16.1. The predicted octanol–water partition coefficient (Wildman–Crippen LogP) is 6.86. The molecule has 22 heavy (non-hydrogen) atoms. The highest BCUT2D eigenvalue weighted by molar-refractivity contribution is 5.25.